The summed E-state index contributed by atoms with van der Waals surface area (Å²) < 4.78 is 5.96. The van der Waals surface area contributed by atoms with Crippen LogP contribution in [0, 0.1) is 5.92 Å². The first-order valence-electron chi connectivity index (χ1n) is 10.2. The van der Waals surface area contributed by atoms with Crippen molar-refractivity contribution in [1.82, 2.24) is 16.0 Å². The van der Waals surface area contributed by atoms with Crippen LogP contribution in [0.3, 0.4) is 0 Å². The van der Waals surface area contributed by atoms with E-state index in [0.29, 0.717) is 6.54 Å². The molecule has 148 valence electrons. The van der Waals surface area contributed by atoms with Crippen molar-refractivity contribution in [2.75, 3.05) is 19.7 Å². The first-order valence-corrected chi connectivity index (χ1v) is 10.2. The fraction of sp³-hybridized carbons (Fsp3) is 0.619. The second-order valence-electron chi connectivity index (χ2n) is 7.57. The summed E-state index contributed by atoms with van der Waals surface area (Å²) in [5, 5.41) is 8.57. The van der Waals surface area contributed by atoms with E-state index in [1.165, 1.54) is 19.3 Å². The molecule has 1 saturated heterocycles. The van der Waals surface area contributed by atoms with E-state index in [-0.39, 0.29) is 36.5 Å². The monoisotopic (exact) mass is 373 g/mol. The third-order valence-electron chi connectivity index (χ3n) is 5.48. The van der Waals surface area contributed by atoms with E-state index in [0.717, 1.165) is 37.9 Å². The number of urea groups is 1. The van der Waals surface area contributed by atoms with Gasteiger partial charge in [-0.2, -0.15) is 0 Å². The van der Waals surface area contributed by atoms with Gasteiger partial charge in [0, 0.05) is 25.1 Å². The Morgan fingerprint density at radius 2 is 1.74 bits per heavy atom. The fourth-order valence-corrected chi connectivity index (χ4v) is 4.04. The van der Waals surface area contributed by atoms with Crippen molar-refractivity contribution in [3.8, 4) is 0 Å². The van der Waals surface area contributed by atoms with Crippen molar-refractivity contribution in [3.63, 3.8) is 0 Å². The maximum atomic E-state index is 12.1. The van der Waals surface area contributed by atoms with Crippen LogP contribution in [-0.4, -0.2) is 37.7 Å². The molecule has 1 aromatic carbocycles. The summed E-state index contributed by atoms with van der Waals surface area (Å²) in [5.41, 5.74) is 1.15. The molecule has 1 aliphatic heterocycles. The summed E-state index contributed by atoms with van der Waals surface area (Å²) in [7, 11) is 0. The lowest BCUT2D eigenvalue weighted by molar-refractivity contribution is -0.121. The summed E-state index contributed by atoms with van der Waals surface area (Å²) in [6.07, 6.45) is 7.71. The molecule has 1 heterocycles. The van der Waals surface area contributed by atoms with E-state index in [4.69, 9.17) is 4.74 Å². The Hall–Kier alpha value is -2.08. The van der Waals surface area contributed by atoms with Gasteiger partial charge in [0.05, 0.1) is 12.6 Å². The van der Waals surface area contributed by atoms with Crippen LogP contribution in [0.1, 0.15) is 56.6 Å². The predicted molar refractivity (Wildman–Crippen MR) is 104 cm³/mol. The third kappa shape index (κ3) is 6.24. The smallest absolute Gasteiger partial charge is 0.315 e. The molecule has 27 heavy (non-hydrogen) atoms. The molecule has 0 aromatic heterocycles. The van der Waals surface area contributed by atoms with E-state index < -0.39 is 0 Å². The Labute approximate surface area is 161 Å². The second kappa shape index (κ2) is 10.3. The van der Waals surface area contributed by atoms with Crippen molar-refractivity contribution >= 4 is 11.9 Å². The predicted octanol–water partition coefficient (Wildman–Crippen LogP) is 2.90. The van der Waals surface area contributed by atoms with Crippen molar-refractivity contribution in [3.05, 3.63) is 35.9 Å². The van der Waals surface area contributed by atoms with Crippen LogP contribution in [0.4, 0.5) is 4.79 Å². The highest BCUT2D eigenvalue weighted by molar-refractivity contribution is 5.84. The van der Waals surface area contributed by atoms with Gasteiger partial charge in [-0.25, -0.2) is 4.79 Å². The maximum Gasteiger partial charge on any atom is 0.315 e. The van der Waals surface area contributed by atoms with Crippen molar-refractivity contribution in [2.24, 2.45) is 5.92 Å². The molecular weight excluding hydrogens is 342 g/mol. The number of ether oxygens (including phenoxy) is 1. The van der Waals surface area contributed by atoms with Gasteiger partial charge in [0.1, 0.15) is 0 Å². The van der Waals surface area contributed by atoms with Crippen molar-refractivity contribution in [2.45, 2.75) is 57.1 Å². The highest BCUT2D eigenvalue weighted by Crippen LogP contribution is 2.32. The number of amides is 3. The van der Waals surface area contributed by atoms with Crippen LogP contribution in [0.2, 0.25) is 0 Å². The fourth-order valence-electron chi connectivity index (χ4n) is 4.04. The molecule has 2 atom stereocenters. The highest BCUT2D eigenvalue weighted by Gasteiger charge is 2.27. The zero-order valence-electron chi connectivity index (χ0n) is 15.9. The van der Waals surface area contributed by atoms with E-state index in [1.807, 2.05) is 18.2 Å². The lowest BCUT2D eigenvalue weighted by atomic mass is 9.89. The quantitative estimate of drug-likeness (QED) is 0.717. The first-order chi connectivity index (χ1) is 13.2. The first kappa shape index (κ1) is 19.7. The number of rotatable bonds is 6. The Morgan fingerprint density at radius 1 is 0.963 bits per heavy atom. The van der Waals surface area contributed by atoms with Crippen molar-refractivity contribution in [1.29, 1.82) is 0 Å². The minimum atomic E-state index is -0.300. The molecule has 0 bridgehead atoms. The summed E-state index contributed by atoms with van der Waals surface area (Å²) in [5.74, 6) is 0.128. The molecular formula is C21H31N3O3. The van der Waals surface area contributed by atoms with Gasteiger partial charge in [-0.05, 0) is 31.2 Å². The van der Waals surface area contributed by atoms with Crippen LogP contribution in [-0.2, 0) is 9.53 Å². The molecule has 0 spiro atoms. The van der Waals surface area contributed by atoms with Crippen LogP contribution in [0.15, 0.2) is 30.3 Å². The van der Waals surface area contributed by atoms with E-state index >= 15 is 0 Å². The molecule has 0 unspecified atom stereocenters. The Morgan fingerprint density at radius 3 is 2.52 bits per heavy atom. The van der Waals surface area contributed by atoms with E-state index in [2.05, 4.69) is 28.1 Å². The number of benzene rings is 1. The zero-order valence-corrected chi connectivity index (χ0v) is 15.9. The minimum absolute atomic E-state index is 0.00912. The molecule has 2 aliphatic rings. The molecule has 6 heteroatoms. The van der Waals surface area contributed by atoms with Gasteiger partial charge in [-0.1, -0.05) is 49.6 Å². The molecule has 3 N–H and O–H groups in total. The van der Waals surface area contributed by atoms with Crippen LogP contribution in [0.5, 0.6) is 0 Å². The van der Waals surface area contributed by atoms with E-state index in [1.54, 1.807) is 0 Å². The maximum absolute atomic E-state index is 12.1. The molecule has 0 radical (unpaired) electrons. The van der Waals surface area contributed by atoms with Gasteiger partial charge in [0.25, 0.3) is 0 Å². The van der Waals surface area contributed by atoms with Crippen molar-refractivity contribution < 1.29 is 14.3 Å². The Balaban J connectivity index is 1.39. The normalized spacial score (nSPS) is 23.4. The van der Waals surface area contributed by atoms with Gasteiger partial charge < -0.3 is 20.7 Å². The van der Waals surface area contributed by atoms with Crippen LogP contribution < -0.4 is 16.0 Å². The number of carbonyl (C=O) groups excluding carboxylic acids is 2. The number of hydrogen-bond donors (Lipinski definition) is 3. The van der Waals surface area contributed by atoms with Gasteiger partial charge in [0.2, 0.25) is 5.91 Å². The minimum Gasteiger partial charge on any atom is -0.373 e. The summed E-state index contributed by atoms with van der Waals surface area (Å²) in [6, 6.07) is 10.1. The average Bonchev–Trinajstić information content (AvgIpc) is 2.72. The summed E-state index contributed by atoms with van der Waals surface area (Å²) in [4.78, 5) is 24.1. The number of nitrogens with one attached hydrogen (secondary N) is 3. The number of hydrogen-bond acceptors (Lipinski definition) is 3. The van der Waals surface area contributed by atoms with Crippen LogP contribution in [0.25, 0.3) is 0 Å². The zero-order chi connectivity index (χ0) is 18.9. The van der Waals surface area contributed by atoms with Gasteiger partial charge in [0.15, 0.2) is 0 Å². The Bertz CT molecular complexity index is 602. The van der Waals surface area contributed by atoms with Gasteiger partial charge in [-0.3, -0.25) is 4.79 Å². The SMILES string of the molecule is O=C(CNC(=O)NC[C@@H]1CCCO[C@@H]1c1ccccc1)NC1CCCCC1. The molecule has 1 aromatic rings. The largest absolute Gasteiger partial charge is 0.373 e. The molecule has 3 rings (SSSR count). The highest BCUT2D eigenvalue weighted by atomic mass is 16.5. The van der Waals surface area contributed by atoms with Gasteiger partial charge in [-0.15, -0.1) is 0 Å². The third-order valence-corrected chi connectivity index (χ3v) is 5.48. The lowest BCUT2D eigenvalue weighted by Gasteiger charge is -2.32. The van der Waals surface area contributed by atoms with Gasteiger partial charge >= 0.3 is 6.03 Å². The van der Waals surface area contributed by atoms with E-state index in [9.17, 15) is 9.59 Å². The molecule has 3 amide bonds. The molecule has 1 saturated carbocycles. The standard InChI is InChI=1S/C21H31N3O3/c25-19(24-18-11-5-2-6-12-18)15-23-21(26)22-14-17-10-7-13-27-20(17)16-8-3-1-4-9-16/h1,3-4,8-9,17-18,20H,2,5-7,10-15H2,(H,24,25)(H2,22,23,26)/t17-,20+/m0/s1. The number of carbonyl (C=O) groups is 2. The lowest BCUT2D eigenvalue weighted by Crippen LogP contribution is -2.46. The second-order valence-corrected chi connectivity index (χ2v) is 7.57. The Kier molecular flexibility index (Phi) is 7.51. The summed E-state index contributed by atoms with van der Waals surface area (Å²) in [6.45, 7) is 1.31. The molecule has 6 nitrogen and oxygen atoms in total. The van der Waals surface area contributed by atoms with Crippen LogP contribution >= 0.6 is 0 Å². The molecule has 2 fully saturated rings. The molecule has 1 aliphatic carbocycles. The topological polar surface area (TPSA) is 79.5 Å². The average molecular weight is 373 g/mol. The summed E-state index contributed by atoms with van der Waals surface area (Å²) >= 11 is 0.